The molecule has 1 rings (SSSR count). The minimum Gasteiger partial charge on any atom is -0.384 e. The van der Waals surface area contributed by atoms with Gasteiger partial charge in [0.05, 0.1) is 0 Å². The van der Waals surface area contributed by atoms with Gasteiger partial charge in [0.15, 0.2) is 0 Å². The number of hydrogen-bond donors (Lipinski definition) is 1. The standard InChI is InChI=1S/C6H12N2S2/c7-6(9)10-8-4-2-1-3-5-8/h1-5H2,(H2,7,9). The number of piperidine rings is 1. The van der Waals surface area contributed by atoms with Crippen LogP contribution in [0.25, 0.3) is 0 Å². The summed E-state index contributed by atoms with van der Waals surface area (Å²) < 4.78 is 2.79. The quantitative estimate of drug-likeness (QED) is 0.482. The summed E-state index contributed by atoms with van der Waals surface area (Å²) in [5, 5.41) is 0. The number of hydrogen-bond acceptors (Lipinski definition) is 3. The SMILES string of the molecule is NC(=S)SN1CCCCC1. The van der Waals surface area contributed by atoms with Crippen LogP contribution in [-0.4, -0.2) is 21.7 Å². The highest BCUT2D eigenvalue weighted by Crippen LogP contribution is 2.17. The third-order valence-corrected chi connectivity index (χ3v) is 2.56. The van der Waals surface area contributed by atoms with E-state index in [1.807, 2.05) is 0 Å². The number of rotatable bonds is 1. The van der Waals surface area contributed by atoms with Crippen molar-refractivity contribution in [2.24, 2.45) is 5.73 Å². The zero-order chi connectivity index (χ0) is 7.40. The molecule has 0 bridgehead atoms. The monoisotopic (exact) mass is 176 g/mol. The van der Waals surface area contributed by atoms with Gasteiger partial charge in [0, 0.05) is 13.1 Å². The second-order valence-corrected chi connectivity index (χ2v) is 4.24. The van der Waals surface area contributed by atoms with Gasteiger partial charge in [-0.25, -0.2) is 4.31 Å². The summed E-state index contributed by atoms with van der Waals surface area (Å²) in [5.74, 6) is 0. The Hall–Kier alpha value is 0.200. The molecule has 0 aromatic heterocycles. The number of thiocarbonyl (C=S) groups is 1. The fourth-order valence-corrected chi connectivity index (χ4v) is 2.09. The van der Waals surface area contributed by atoms with E-state index < -0.39 is 0 Å². The highest BCUT2D eigenvalue weighted by molar-refractivity contribution is 8.21. The molecule has 2 nitrogen and oxygen atoms in total. The first-order valence-electron chi connectivity index (χ1n) is 3.51. The lowest BCUT2D eigenvalue weighted by molar-refractivity contribution is 0.383. The smallest absolute Gasteiger partial charge is 0.146 e. The molecule has 0 aromatic rings. The third-order valence-electron chi connectivity index (χ3n) is 1.53. The van der Waals surface area contributed by atoms with E-state index in [2.05, 4.69) is 4.31 Å². The first-order valence-corrected chi connectivity index (χ1v) is 4.69. The van der Waals surface area contributed by atoms with Crippen LogP contribution in [0.4, 0.5) is 0 Å². The number of nitrogens with zero attached hydrogens (tertiary/aromatic N) is 1. The predicted octanol–water partition coefficient (Wildman–Crippen LogP) is 1.36. The summed E-state index contributed by atoms with van der Waals surface area (Å²) in [6, 6.07) is 0. The van der Waals surface area contributed by atoms with E-state index in [0.717, 1.165) is 13.1 Å². The van der Waals surface area contributed by atoms with Crippen molar-refractivity contribution in [2.45, 2.75) is 19.3 Å². The van der Waals surface area contributed by atoms with E-state index in [4.69, 9.17) is 18.0 Å². The van der Waals surface area contributed by atoms with Crippen molar-refractivity contribution < 1.29 is 0 Å². The largest absolute Gasteiger partial charge is 0.384 e. The van der Waals surface area contributed by atoms with Crippen molar-refractivity contribution in [1.82, 2.24) is 4.31 Å². The van der Waals surface area contributed by atoms with E-state index in [0.29, 0.717) is 4.32 Å². The van der Waals surface area contributed by atoms with Gasteiger partial charge in [-0.3, -0.25) is 0 Å². The summed E-state index contributed by atoms with van der Waals surface area (Å²) in [5.41, 5.74) is 5.38. The highest BCUT2D eigenvalue weighted by Gasteiger charge is 2.10. The third kappa shape index (κ3) is 2.86. The van der Waals surface area contributed by atoms with Crippen molar-refractivity contribution in [1.29, 1.82) is 0 Å². The predicted molar refractivity (Wildman–Crippen MR) is 49.8 cm³/mol. The van der Waals surface area contributed by atoms with Crippen LogP contribution in [0, 0.1) is 0 Å². The zero-order valence-electron chi connectivity index (χ0n) is 5.88. The van der Waals surface area contributed by atoms with Crippen molar-refractivity contribution in [2.75, 3.05) is 13.1 Å². The average Bonchev–Trinajstić information content (AvgIpc) is 1.88. The maximum Gasteiger partial charge on any atom is 0.146 e. The van der Waals surface area contributed by atoms with Gasteiger partial charge >= 0.3 is 0 Å². The van der Waals surface area contributed by atoms with Gasteiger partial charge in [-0.2, -0.15) is 0 Å². The lowest BCUT2D eigenvalue weighted by Gasteiger charge is -2.23. The Morgan fingerprint density at radius 1 is 1.30 bits per heavy atom. The van der Waals surface area contributed by atoms with E-state index in [1.165, 1.54) is 31.2 Å². The van der Waals surface area contributed by atoms with E-state index in [9.17, 15) is 0 Å². The molecule has 0 aromatic carbocycles. The molecule has 1 saturated heterocycles. The van der Waals surface area contributed by atoms with Crippen molar-refractivity contribution in [3.05, 3.63) is 0 Å². The van der Waals surface area contributed by atoms with Gasteiger partial charge in [-0.15, -0.1) is 0 Å². The summed E-state index contributed by atoms with van der Waals surface area (Å²) in [4.78, 5) is 0. The Labute approximate surface area is 71.3 Å². The van der Waals surface area contributed by atoms with E-state index in [1.54, 1.807) is 0 Å². The van der Waals surface area contributed by atoms with E-state index >= 15 is 0 Å². The van der Waals surface area contributed by atoms with Crippen LogP contribution < -0.4 is 5.73 Å². The molecule has 0 aliphatic carbocycles. The summed E-state index contributed by atoms with van der Waals surface area (Å²) in [7, 11) is 0. The molecule has 0 spiro atoms. The molecule has 1 aliphatic heterocycles. The Morgan fingerprint density at radius 2 is 1.90 bits per heavy atom. The van der Waals surface area contributed by atoms with Gasteiger partial charge in [0.1, 0.15) is 4.32 Å². The molecule has 0 saturated carbocycles. The Bertz CT molecular complexity index is 121. The normalized spacial score (nSPS) is 20.8. The minimum absolute atomic E-state index is 0.543. The van der Waals surface area contributed by atoms with Crippen LogP contribution in [0.2, 0.25) is 0 Å². The average molecular weight is 176 g/mol. The molecular formula is C6H12N2S2. The van der Waals surface area contributed by atoms with Crippen molar-refractivity contribution in [3.63, 3.8) is 0 Å². The Balaban J connectivity index is 2.19. The van der Waals surface area contributed by atoms with Gasteiger partial charge in [-0.05, 0) is 24.8 Å². The van der Waals surface area contributed by atoms with Gasteiger partial charge in [0.2, 0.25) is 0 Å². The second kappa shape index (κ2) is 4.16. The summed E-state index contributed by atoms with van der Waals surface area (Å²) in [6.07, 6.45) is 3.93. The lowest BCUT2D eigenvalue weighted by Crippen LogP contribution is -2.26. The van der Waals surface area contributed by atoms with Crippen LogP contribution >= 0.6 is 24.2 Å². The first kappa shape index (κ1) is 8.30. The van der Waals surface area contributed by atoms with Crippen LogP contribution in [-0.2, 0) is 0 Å². The maximum atomic E-state index is 5.38. The maximum absolute atomic E-state index is 5.38. The molecule has 0 amide bonds. The summed E-state index contributed by atoms with van der Waals surface area (Å²) >= 11 is 6.29. The van der Waals surface area contributed by atoms with Crippen LogP contribution in [0.1, 0.15) is 19.3 Å². The Morgan fingerprint density at radius 3 is 2.40 bits per heavy atom. The van der Waals surface area contributed by atoms with Crippen molar-refractivity contribution in [3.8, 4) is 0 Å². The van der Waals surface area contributed by atoms with Crippen LogP contribution in [0.3, 0.4) is 0 Å². The Kier molecular flexibility index (Phi) is 3.45. The molecule has 0 atom stereocenters. The number of nitrogens with two attached hydrogens (primary N) is 1. The summed E-state index contributed by atoms with van der Waals surface area (Å²) in [6.45, 7) is 2.28. The highest BCUT2D eigenvalue weighted by atomic mass is 32.2. The van der Waals surface area contributed by atoms with Crippen LogP contribution in [0.15, 0.2) is 0 Å². The van der Waals surface area contributed by atoms with Crippen LogP contribution in [0.5, 0.6) is 0 Å². The second-order valence-electron chi connectivity index (χ2n) is 2.40. The zero-order valence-corrected chi connectivity index (χ0v) is 7.51. The molecule has 10 heavy (non-hydrogen) atoms. The first-order chi connectivity index (χ1) is 4.79. The van der Waals surface area contributed by atoms with Crippen molar-refractivity contribution >= 4 is 28.5 Å². The molecule has 0 unspecified atom stereocenters. The molecule has 1 heterocycles. The van der Waals surface area contributed by atoms with Gasteiger partial charge in [-0.1, -0.05) is 18.6 Å². The van der Waals surface area contributed by atoms with E-state index in [-0.39, 0.29) is 0 Å². The molecule has 1 aliphatic rings. The minimum atomic E-state index is 0.543. The lowest BCUT2D eigenvalue weighted by atomic mass is 10.2. The molecule has 58 valence electrons. The topological polar surface area (TPSA) is 29.3 Å². The molecule has 2 N–H and O–H groups in total. The molecule has 4 heteroatoms. The molecule has 0 radical (unpaired) electrons. The van der Waals surface area contributed by atoms with Gasteiger partial charge in [0.25, 0.3) is 0 Å². The fraction of sp³-hybridized carbons (Fsp3) is 0.833. The fourth-order valence-electron chi connectivity index (χ4n) is 1.08. The molecular weight excluding hydrogens is 164 g/mol. The van der Waals surface area contributed by atoms with Gasteiger partial charge < -0.3 is 5.73 Å². The molecule has 1 fully saturated rings.